The molecule has 0 amide bonds. The van der Waals surface area contributed by atoms with Crippen LogP contribution >= 0.6 is 34.0 Å². The molecule has 0 aliphatic carbocycles. The fourth-order valence-corrected chi connectivity index (χ4v) is 21.1. The smallest absolute Gasteiger partial charge is 0.236 e. The molecule has 16 aromatic carbocycles. The predicted molar refractivity (Wildman–Crippen MR) is 452 cm³/mol. The number of hydrogen-bond donors (Lipinski definition) is 0. The van der Waals surface area contributed by atoms with Crippen LogP contribution in [0.3, 0.4) is 0 Å². The summed E-state index contributed by atoms with van der Waals surface area (Å²) in [4.78, 5) is 22.2. The van der Waals surface area contributed by atoms with E-state index in [2.05, 4.69) is 319 Å². The Hall–Kier alpha value is -13.4. The SMILES string of the molecule is c1ccc(-c2ccc3c(c2)c2c4ccccc4c4sc5ccccc5c4c2n3-c2nc(-c3ccccc3)c3oc4c5ccccc5ccc4c3n2)cc1.c1ccc2c(c1)ccc1oc3c(-c4cccc5c4sc4ccccc45)nc(-n4c5ccccc5c5c6ccccc6c6sc7ccccc7c6c54)nc3c12. The van der Waals surface area contributed by atoms with Crippen molar-refractivity contribution in [2.75, 3.05) is 0 Å². The van der Waals surface area contributed by atoms with Gasteiger partial charge in [-0.05, 0) is 86.6 Å². The molecule has 0 saturated carbocycles. The summed E-state index contributed by atoms with van der Waals surface area (Å²) >= 11 is 5.53. The zero-order chi connectivity index (χ0) is 69.7. The molecule has 0 bridgehead atoms. The van der Waals surface area contributed by atoms with Gasteiger partial charge in [0.1, 0.15) is 33.6 Å². The van der Waals surface area contributed by atoms with Crippen LogP contribution in [0, 0.1) is 0 Å². The maximum absolute atomic E-state index is 6.86. The van der Waals surface area contributed by atoms with Crippen LogP contribution in [0.25, 0.3) is 237 Å². The van der Waals surface area contributed by atoms with E-state index in [1.807, 2.05) is 40.1 Å². The second kappa shape index (κ2) is 22.5. The van der Waals surface area contributed by atoms with E-state index in [0.717, 1.165) is 99.1 Å². The van der Waals surface area contributed by atoms with Gasteiger partial charge in [-0.25, -0.2) is 19.9 Å². The quantitative estimate of drug-likeness (QED) is 0.171. The molecule has 0 fully saturated rings. The van der Waals surface area contributed by atoms with Gasteiger partial charge in [-0.3, -0.25) is 9.13 Å². The molecule has 8 nitrogen and oxygen atoms in total. The Balaban J connectivity index is 0.000000126. The van der Waals surface area contributed by atoms with Crippen molar-refractivity contribution in [2.45, 2.75) is 0 Å². The number of benzene rings is 16. The molecule has 0 unspecified atom stereocenters. The first kappa shape index (κ1) is 59.0. The summed E-state index contributed by atoms with van der Waals surface area (Å²) in [6.07, 6.45) is 0. The Morgan fingerprint density at radius 1 is 0.252 bits per heavy atom. The van der Waals surface area contributed by atoms with Crippen molar-refractivity contribution in [3.8, 4) is 45.5 Å². The van der Waals surface area contributed by atoms with Gasteiger partial charge in [0.2, 0.25) is 11.9 Å². The third kappa shape index (κ3) is 8.46. The maximum Gasteiger partial charge on any atom is 0.236 e. The standard InChI is InChI=1S/C48H25N3OS2.C48H27N3OS/c1-2-13-27-26(12-1)24-25-36-40(27)43-45(52-36)42(34-20-11-19-30-28-14-6-9-22-37(28)53-46(30)34)49-48(50-43)51-35-21-8-5-17-32(35)39-29-15-3-4-16-31(29)47-41(44(39)51)33-18-7-10-23-38(33)54-47;1-3-13-28(14-4-1)31-24-26-38-37(27-31)40-33-19-9-10-20-34(33)47-41(35-21-11-12-22-39(35)53-47)44(40)51(38)48-49-42(30-16-5-2-6-17-30)46-43(50-48)36-25-23-29-15-7-8-18-32(29)45(36)52-46/h1-25H;1-27H. The lowest BCUT2D eigenvalue weighted by molar-refractivity contribution is 0.667. The molecule has 0 spiro atoms. The van der Waals surface area contributed by atoms with E-state index >= 15 is 0 Å². The van der Waals surface area contributed by atoms with Crippen LogP contribution < -0.4 is 0 Å². The normalized spacial score (nSPS) is 12.3. The molecule has 0 atom stereocenters. The number of fused-ring (bicyclic) bond motifs is 33. The molecule has 0 radical (unpaired) electrons. The first-order valence-corrected chi connectivity index (χ1v) is 38.4. The summed E-state index contributed by atoms with van der Waals surface area (Å²) < 4.78 is 25.8. The first-order valence-electron chi connectivity index (χ1n) is 35.9. The first-order chi connectivity index (χ1) is 53.1. The molecule has 0 aliphatic heterocycles. The van der Waals surface area contributed by atoms with E-state index in [9.17, 15) is 0 Å². The van der Waals surface area contributed by atoms with Crippen molar-refractivity contribution in [2.24, 2.45) is 0 Å². The van der Waals surface area contributed by atoms with Gasteiger partial charge in [-0.15, -0.1) is 34.0 Å². The third-order valence-corrected chi connectivity index (χ3v) is 25.6. The van der Waals surface area contributed by atoms with Crippen molar-refractivity contribution in [3.05, 3.63) is 315 Å². The molecule has 25 rings (SSSR count). The van der Waals surface area contributed by atoms with E-state index in [0.29, 0.717) is 23.1 Å². The average Bonchev–Trinajstić information content (AvgIpc) is 1.54. The van der Waals surface area contributed by atoms with Crippen LogP contribution in [0.15, 0.2) is 324 Å². The predicted octanol–water partition coefficient (Wildman–Crippen LogP) is 27.7. The Morgan fingerprint density at radius 2 is 0.729 bits per heavy atom. The highest BCUT2D eigenvalue weighted by Crippen LogP contribution is 2.52. The Morgan fingerprint density at radius 3 is 1.41 bits per heavy atom. The van der Waals surface area contributed by atoms with Crippen LogP contribution in [0.4, 0.5) is 0 Å². The molecule has 0 saturated heterocycles. The van der Waals surface area contributed by atoms with Gasteiger partial charge in [0, 0.05) is 115 Å². The molecule has 107 heavy (non-hydrogen) atoms. The summed E-state index contributed by atoms with van der Waals surface area (Å²) in [6, 6.07) is 112. The number of furan rings is 2. The molecule has 9 aromatic heterocycles. The second-order valence-corrected chi connectivity index (χ2v) is 30.9. The summed E-state index contributed by atoms with van der Waals surface area (Å²) in [7, 11) is 0. The van der Waals surface area contributed by atoms with Crippen LogP contribution in [0.2, 0.25) is 0 Å². The van der Waals surface area contributed by atoms with Crippen LogP contribution in [0.5, 0.6) is 0 Å². The van der Waals surface area contributed by atoms with Crippen LogP contribution in [0.1, 0.15) is 0 Å². The van der Waals surface area contributed by atoms with Crippen molar-refractivity contribution in [1.82, 2.24) is 29.1 Å². The molecule has 25 aromatic rings. The highest BCUT2D eigenvalue weighted by Gasteiger charge is 2.30. The van der Waals surface area contributed by atoms with Gasteiger partial charge in [0.05, 0.1) is 27.5 Å². The van der Waals surface area contributed by atoms with Gasteiger partial charge >= 0.3 is 0 Å². The highest BCUT2D eigenvalue weighted by molar-refractivity contribution is 7.27. The lowest BCUT2D eigenvalue weighted by Crippen LogP contribution is -2.03. The monoisotopic (exact) mass is 1420 g/mol. The number of rotatable bonds is 5. The Labute approximate surface area is 619 Å². The van der Waals surface area contributed by atoms with Crippen molar-refractivity contribution in [1.29, 1.82) is 0 Å². The van der Waals surface area contributed by atoms with Crippen LogP contribution in [-0.2, 0) is 0 Å². The minimum atomic E-state index is 0.617. The number of thiophene rings is 3. The molecule has 11 heteroatoms. The zero-order valence-electron chi connectivity index (χ0n) is 56.7. The zero-order valence-corrected chi connectivity index (χ0v) is 59.2. The number of para-hydroxylation sites is 1. The van der Waals surface area contributed by atoms with Gasteiger partial charge in [0.25, 0.3) is 0 Å². The minimum absolute atomic E-state index is 0.617. The minimum Gasteiger partial charge on any atom is -0.452 e. The lowest BCUT2D eigenvalue weighted by Gasteiger charge is -2.12. The van der Waals surface area contributed by atoms with Gasteiger partial charge in [-0.2, -0.15) is 0 Å². The highest BCUT2D eigenvalue weighted by atomic mass is 32.1. The van der Waals surface area contributed by atoms with Gasteiger partial charge in [-0.1, -0.05) is 267 Å². The number of hydrogen-bond acceptors (Lipinski definition) is 9. The van der Waals surface area contributed by atoms with E-state index in [1.54, 1.807) is 0 Å². The molecular formula is C96H52N6O2S3. The Kier molecular flexibility index (Phi) is 12.4. The molecule has 496 valence electrons. The van der Waals surface area contributed by atoms with E-state index < -0.39 is 0 Å². The largest absolute Gasteiger partial charge is 0.452 e. The third-order valence-electron chi connectivity index (χ3n) is 22.0. The lowest BCUT2D eigenvalue weighted by atomic mass is 9.98. The summed E-state index contributed by atoms with van der Waals surface area (Å²) in [6.45, 7) is 0. The molecular weight excluding hydrogens is 1370 g/mol. The molecule has 9 heterocycles. The summed E-state index contributed by atoms with van der Waals surface area (Å²) in [5.74, 6) is 1.25. The summed E-state index contributed by atoms with van der Waals surface area (Å²) in [5.41, 5.74) is 15.0. The fourth-order valence-electron chi connectivity index (χ4n) is 17.4. The topological polar surface area (TPSA) is 87.7 Å². The maximum atomic E-state index is 6.86. The van der Waals surface area contributed by atoms with Crippen molar-refractivity contribution >= 4 is 225 Å². The van der Waals surface area contributed by atoms with E-state index in [4.69, 9.17) is 28.8 Å². The molecule has 0 N–H and O–H groups in total. The van der Waals surface area contributed by atoms with Crippen molar-refractivity contribution < 1.29 is 8.83 Å². The van der Waals surface area contributed by atoms with Gasteiger partial charge in [0.15, 0.2) is 11.2 Å². The summed E-state index contributed by atoms with van der Waals surface area (Å²) in [5, 5.41) is 23.6. The van der Waals surface area contributed by atoms with Gasteiger partial charge < -0.3 is 8.83 Å². The average molecular weight is 1420 g/mol. The van der Waals surface area contributed by atoms with E-state index in [1.165, 1.54) is 115 Å². The second-order valence-electron chi connectivity index (χ2n) is 27.7. The fraction of sp³-hybridized carbons (Fsp3) is 0. The van der Waals surface area contributed by atoms with Crippen molar-refractivity contribution in [3.63, 3.8) is 0 Å². The Bertz CT molecular complexity index is 8160. The van der Waals surface area contributed by atoms with E-state index in [-0.39, 0.29) is 0 Å². The molecule has 0 aliphatic rings. The number of nitrogens with zero attached hydrogens (tertiary/aromatic N) is 6. The number of aromatic nitrogens is 6. The van der Waals surface area contributed by atoms with Crippen LogP contribution in [-0.4, -0.2) is 29.1 Å².